The minimum absolute atomic E-state index is 0.0558. The van der Waals surface area contributed by atoms with Crippen LogP contribution in [0.4, 0.5) is 0 Å². The van der Waals surface area contributed by atoms with Crippen LogP contribution in [-0.2, 0) is 4.79 Å². The van der Waals surface area contributed by atoms with Gasteiger partial charge in [0.05, 0.1) is 17.8 Å². The molecule has 10 rings (SSSR count). The Hall–Kier alpha value is -3.47. The summed E-state index contributed by atoms with van der Waals surface area (Å²) < 4.78 is 0. The highest BCUT2D eigenvalue weighted by atomic mass is 16.4. The number of carbonyl (C=O) groups is 3. The predicted molar refractivity (Wildman–Crippen MR) is 151 cm³/mol. The molecule has 2 amide bonds. The Morgan fingerprint density at radius 3 is 1.55 bits per heavy atom. The van der Waals surface area contributed by atoms with Gasteiger partial charge < -0.3 is 21.5 Å². The van der Waals surface area contributed by atoms with E-state index in [1.54, 1.807) is 12.4 Å². The van der Waals surface area contributed by atoms with Crippen molar-refractivity contribution in [3.8, 4) is 0 Å². The van der Waals surface area contributed by atoms with Crippen LogP contribution in [0.3, 0.4) is 0 Å². The summed E-state index contributed by atoms with van der Waals surface area (Å²) in [6.07, 6.45) is 20.7. The molecule has 2 heterocycles. The third kappa shape index (κ3) is 4.95. The number of hydrogen-bond donors (Lipinski definition) is 4. The lowest BCUT2D eigenvalue weighted by atomic mass is 9.47. The van der Waals surface area contributed by atoms with Gasteiger partial charge in [-0.2, -0.15) is 0 Å². The highest BCUT2D eigenvalue weighted by Crippen LogP contribution is 2.62. The van der Waals surface area contributed by atoms with Crippen molar-refractivity contribution >= 4 is 17.8 Å². The molecule has 0 aliphatic heterocycles. The molecule has 42 heavy (non-hydrogen) atoms. The Kier molecular flexibility index (Phi) is 6.38. The SMILES string of the molecule is NC12CC3CC(C1)CC(NC(=O)c1cnccn1)(C3)C2.O=C(NC12CC3CC(C1)CC(C(=O)O)(C3)C2)c1cnccn1. The molecule has 2 aromatic rings. The molecule has 5 N–H and O–H groups in total. The molecule has 0 spiro atoms. The number of aliphatic carboxylic acids is 1. The molecule has 8 saturated carbocycles. The summed E-state index contributed by atoms with van der Waals surface area (Å²) in [6.45, 7) is 0. The van der Waals surface area contributed by atoms with Crippen LogP contribution in [0, 0.1) is 29.1 Å². The third-order valence-corrected chi connectivity index (χ3v) is 11.0. The van der Waals surface area contributed by atoms with Crippen molar-refractivity contribution in [2.45, 2.75) is 93.7 Å². The number of amides is 2. The Labute approximate surface area is 244 Å². The van der Waals surface area contributed by atoms with Crippen molar-refractivity contribution in [3.05, 3.63) is 48.6 Å². The topological polar surface area (TPSA) is 173 Å². The maximum absolute atomic E-state index is 12.4. The van der Waals surface area contributed by atoms with Gasteiger partial charge in [-0.05, 0) is 101 Å². The summed E-state index contributed by atoms with van der Waals surface area (Å²) in [5.74, 6) is 1.16. The Morgan fingerprint density at radius 2 is 1.14 bits per heavy atom. The average Bonchev–Trinajstić information content (AvgIpc) is 2.92. The minimum atomic E-state index is -0.695. The van der Waals surface area contributed by atoms with Crippen LogP contribution in [-0.4, -0.2) is 59.4 Å². The van der Waals surface area contributed by atoms with Crippen molar-refractivity contribution < 1.29 is 19.5 Å². The number of hydrogen-bond acceptors (Lipinski definition) is 8. The molecular weight excluding hydrogens is 534 g/mol. The van der Waals surface area contributed by atoms with Crippen LogP contribution in [0.2, 0.25) is 0 Å². The normalized spacial score (nSPS) is 40.1. The van der Waals surface area contributed by atoms with Gasteiger partial charge in [-0.1, -0.05) is 0 Å². The summed E-state index contributed by atoms with van der Waals surface area (Å²) in [7, 11) is 0. The number of nitrogens with zero attached hydrogens (tertiary/aromatic N) is 4. The monoisotopic (exact) mass is 573 g/mol. The number of aromatic nitrogens is 4. The summed E-state index contributed by atoms with van der Waals surface area (Å²) in [5, 5.41) is 16.1. The summed E-state index contributed by atoms with van der Waals surface area (Å²) in [4.78, 5) is 52.7. The molecule has 11 heteroatoms. The molecule has 4 unspecified atom stereocenters. The molecule has 2 aromatic heterocycles. The second-order valence-electron chi connectivity index (χ2n) is 14.5. The van der Waals surface area contributed by atoms with Crippen LogP contribution < -0.4 is 16.4 Å². The lowest BCUT2D eigenvalue weighted by Gasteiger charge is -2.61. The van der Waals surface area contributed by atoms with E-state index >= 15 is 0 Å². The Balaban J connectivity index is 0.000000138. The molecule has 222 valence electrons. The van der Waals surface area contributed by atoms with Crippen molar-refractivity contribution in [2.75, 3.05) is 0 Å². The molecule has 11 nitrogen and oxygen atoms in total. The van der Waals surface area contributed by atoms with Gasteiger partial charge >= 0.3 is 5.97 Å². The lowest BCUT2D eigenvalue weighted by Crippen LogP contribution is -2.68. The maximum atomic E-state index is 12.4. The number of nitrogens with one attached hydrogen (secondary N) is 2. The molecule has 0 saturated heterocycles. The van der Waals surface area contributed by atoms with E-state index in [9.17, 15) is 19.5 Å². The zero-order valence-electron chi connectivity index (χ0n) is 23.8. The number of carboxylic acids is 1. The zero-order chi connectivity index (χ0) is 29.2. The van der Waals surface area contributed by atoms with Crippen molar-refractivity contribution in [1.29, 1.82) is 0 Å². The fourth-order valence-corrected chi connectivity index (χ4v) is 10.6. The predicted octanol–water partition coefficient (Wildman–Crippen LogP) is 2.89. The maximum Gasteiger partial charge on any atom is 0.309 e. The molecule has 0 radical (unpaired) electrons. The molecular formula is C31H39N7O4. The highest BCUT2D eigenvalue weighted by molar-refractivity contribution is 5.93. The molecule has 8 aliphatic rings. The first-order valence-corrected chi connectivity index (χ1v) is 15.3. The van der Waals surface area contributed by atoms with Crippen LogP contribution in [0.15, 0.2) is 37.2 Å². The fourth-order valence-electron chi connectivity index (χ4n) is 10.6. The Bertz CT molecular complexity index is 1360. The van der Waals surface area contributed by atoms with Gasteiger partial charge in [0, 0.05) is 41.4 Å². The van der Waals surface area contributed by atoms with Gasteiger partial charge in [-0.25, -0.2) is 9.97 Å². The van der Waals surface area contributed by atoms with Gasteiger partial charge in [0.15, 0.2) is 0 Å². The van der Waals surface area contributed by atoms with E-state index in [4.69, 9.17) is 5.73 Å². The number of carboxylic acid groups (broad SMARTS) is 1. The minimum Gasteiger partial charge on any atom is -0.481 e. The summed E-state index contributed by atoms with van der Waals surface area (Å²) in [6, 6.07) is 0. The van der Waals surface area contributed by atoms with Gasteiger partial charge in [0.2, 0.25) is 0 Å². The molecule has 8 aliphatic carbocycles. The van der Waals surface area contributed by atoms with Gasteiger partial charge in [-0.3, -0.25) is 24.4 Å². The van der Waals surface area contributed by atoms with Crippen molar-refractivity contribution in [2.24, 2.45) is 34.8 Å². The van der Waals surface area contributed by atoms with Crippen LogP contribution in [0.1, 0.15) is 98.0 Å². The lowest BCUT2D eigenvalue weighted by molar-refractivity contribution is -0.167. The molecule has 4 atom stereocenters. The highest BCUT2D eigenvalue weighted by Gasteiger charge is 2.61. The second-order valence-corrected chi connectivity index (χ2v) is 14.5. The van der Waals surface area contributed by atoms with E-state index in [0.717, 1.165) is 64.2 Å². The second kappa shape index (κ2) is 9.79. The van der Waals surface area contributed by atoms with Gasteiger partial charge in [0.1, 0.15) is 11.4 Å². The van der Waals surface area contributed by atoms with E-state index in [0.29, 0.717) is 41.5 Å². The fraction of sp³-hybridized carbons (Fsp3) is 0.645. The van der Waals surface area contributed by atoms with E-state index in [1.165, 1.54) is 31.2 Å². The largest absolute Gasteiger partial charge is 0.481 e. The first kappa shape index (κ1) is 27.4. The van der Waals surface area contributed by atoms with Crippen molar-refractivity contribution in [3.63, 3.8) is 0 Å². The zero-order valence-corrected chi connectivity index (χ0v) is 23.8. The van der Waals surface area contributed by atoms with Gasteiger partial charge in [0.25, 0.3) is 11.8 Å². The average molecular weight is 574 g/mol. The summed E-state index contributed by atoms with van der Waals surface area (Å²) in [5.41, 5.74) is 6.06. The summed E-state index contributed by atoms with van der Waals surface area (Å²) >= 11 is 0. The smallest absolute Gasteiger partial charge is 0.309 e. The van der Waals surface area contributed by atoms with Crippen LogP contribution >= 0.6 is 0 Å². The number of carbonyl (C=O) groups excluding carboxylic acids is 2. The first-order valence-electron chi connectivity index (χ1n) is 15.3. The number of rotatable bonds is 5. The number of nitrogens with two attached hydrogens (primary N) is 1. The van der Waals surface area contributed by atoms with Gasteiger partial charge in [-0.15, -0.1) is 0 Å². The molecule has 8 bridgehead atoms. The standard InChI is InChI=1S/C16H19N3O3.C15H20N4O/c20-13(12-8-17-1-2-18-12)19-16-6-10-3-11(7-16)5-15(4-10,9-16)14(21)22;16-14-4-10-3-11(5-14)7-15(6-10,9-14)19-13(20)12-8-17-1-2-18-12/h1-2,8,10-11H,3-7,9H2,(H,19,20)(H,21,22);1-2,8,10-11H,3-7,9,16H2,(H,19,20). The van der Waals surface area contributed by atoms with E-state index in [-0.39, 0.29) is 28.4 Å². The van der Waals surface area contributed by atoms with E-state index < -0.39 is 11.4 Å². The first-order chi connectivity index (χ1) is 20.1. The van der Waals surface area contributed by atoms with Crippen LogP contribution in [0.25, 0.3) is 0 Å². The van der Waals surface area contributed by atoms with E-state index in [1.807, 2.05) is 0 Å². The van der Waals surface area contributed by atoms with E-state index in [2.05, 4.69) is 30.6 Å². The van der Waals surface area contributed by atoms with Crippen molar-refractivity contribution in [1.82, 2.24) is 30.6 Å². The quantitative estimate of drug-likeness (QED) is 0.419. The Morgan fingerprint density at radius 1 is 0.690 bits per heavy atom. The molecule has 8 fully saturated rings. The van der Waals surface area contributed by atoms with Crippen LogP contribution in [0.5, 0.6) is 0 Å². The third-order valence-electron chi connectivity index (χ3n) is 11.0. The molecule has 0 aromatic carbocycles.